The third-order valence-corrected chi connectivity index (χ3v) is 3.59. The second-order valence-electron chi connectivity index (χ2n) is 4.70. The Balaban J connectivity index is 1.84. The number of carbonyl (C=O) groups is 2. The summed E-state index contributed by atoms with van der Waals surface area (Å²) in [4.78, 5) is 24.9. The molecule has 2 fully saturated rings. The summed E-state index contributed by atoms with van der Waals surface area (Å²) >= 11 is 0. The molecule has 4 heteroatoms. The zero-order chi connectivity index (χ0) is 11.8. The highest BCUT2D eigenvalue weighted by Crippen LogP contribution is 2.25. The first-order valence-corrected chi connectivity index (χ1v) is 5.87. The van der Waals surface area contributed by atoms with Crippen LogP contribution in [0.5, 0.6) is 0 Å². The molecule has 1 unspecified atom stereocenters. The van der Waals surface area contributed by atoms with Gasteiger partial charge in [-0.1, -0.05) is 12.1 Å². The van der Waals surface area contributed by atoms with Crippen molar-refractivity contribution in [3.63, 3.8) is 0 Å². The predicted molar refractivity (Wildman–Crippen MR) is 63.1 cm³/mol. The number of amides is 1. The lowest BCUT2D eigenvalue weighted by Gasteiger charge is -2.27. The zero-order valence-corrected chi connectivity index (χ0v) is 9.43. The highest BCUT2D eigenvalue weighted by Gasteiger charge is 2.40. The van der Waals surface area contributed by atoms with E-state index in [1.807, 2.05) is 4.90 Å². The second-order valence-corrected chi connectivity index (χ2v) is 4.70. The molecular formula is C13H14N2O2. The molecule has 2 bridgehead atoms. The number of hydrogen-bond donors (Lipinski definition) is 1. The van der Waals surface area contributed by atoms with Crippen LogP contribution in [0.25, 0.3) is 0 Å². The molecule has 2 atom stereocenters. The molecule has 2 saturated heterocycles. The van der Waals surface area contributed by atoms with E-state index in [0.717, 1.165) is 25.8 Å². The molecule has 1 N–H and O–H groups in total. The lowest BCUT2D eigenvalue weighted by Crippen LogP contribution is -2.46. The quantitative estimate of drug-likeness (QED) is 0.760. The molecule has 1 aromatic rings. The van der Waals surface area contributed by atoms with Gasteiger partial charge >= 0.3 is 0 Å². The third-order valence-electron chi connectivity index (χ3n) is 3.59. The van der Waals surface area contributed by atoms with E-state index in [-0.39, 0.29) is 5.91 Å². The number of carbonyl (C=O) groups excluding carboxylic acids is 2. The first-order chi connectivity index (χ1) is 8.28. The lowest BCUT2D eigenvalue weighted by molar-refractivity contribution is 0.0716. The molecule has 88 valence electrons. The Labute approximate surface area is 99.6 Å². The number of likely N-dealkylation sites (tertiary alicyclic amines) is 1. The Bertz CT molecular complexity index is 472. The van der Waals surface area contributed by atoms with Gasteiger partial charge in [-0.2, -0.15) is 0 Å². The number of nitrogens with zero attached hydrogens (tertiary/aromatic N) is 1. The second kappa shape index (κ2) is 3.96. The summed E-state index contributed by atoms with van der Waals surface area (Å²) in [5.74, 6) is 0.0442. The normalized spacial score (nSPS) is 26.2. The van der Waals surface area contributed by atoms with E-state index in [1.165, 1.54) is 0 Å². The van der Waals surface area contributed by atoms with E-state index in [1.54, 1.807) is 24.3 Å². The highest BCUT2D eigenvalue weighted by atomic mass is 16.2. The minimum atomic E-state index is 0.0442. The summed E-state index contributed by atoms with van der Waals surface area (Å²) in [5, 5.41) is 3.36. The van der Waals surface area contributed by atoms with Crippen LogP contribution < -0.4 is 5.32 Å². The first-order valence-electron chi connectivity index (χ1n) is 5.87. The standard InChI is InChI=1S/C13H14N2O2/c16-8-9-2-1-3-10(4-9)13(17)15-7-11-5-12(15)6-14-11/h1-4,8,11-12,14H,5-7H2/t11?,12-/m1/s1. The lowest BCUT2D eigenvalue weighted by atomic mass is 10.1. The largest absolute Gasteiger partial charge is 0.333 e. The van der Waals surface area contributed by atoms with Crippen molar-refractivity contribution >= 4 is 12.2 Å². The summed E-state index contributed by atoms with van der Waals surface area (Å²) in [6.07, 6.45) is 1.83. The SMILES string of the molecule is O=Cc1cccc(C(=O)N2CC3C[C@@H]2CN3)c1. The van der Waals surface area contributed by atoms with Crippen molar-refractivity contribution < 1.29 is 9.59 Å². The Morgan fingerprint density at radius 1 is 1.47 bits per heavy atom. The Morgan fingerprint density at radius 2 is 2.35 bits per heavy atom. The average Bonchev–Trinajstić information content (AvgIpc) is 3.00. The molecule has 0 aliphatic carbocycles. The highest BCUT2D eigenvalue weighted by molar-refractivity contribution is 5.96. The van der Waals surface area contributed by atoms with Crippen LogP contribution in [0.2, 0.25) is 0 Å². The topological polar surface area (TPSA) is 49.4 Å². The van der Waals surface area contributed by atoms with Gasteiger partial charge in [0.15, 0.2) is 0 Å². The van der Waals surface area contributed by atoms with Crippen LogP contribution in [-0.4, -0.2) is 42.3 Å². The van der Waals surface area contributed by atoms with Gasteiger partial charge < -0.3 is 10.2 Å². The van der Waals surface area contributed by atoms with Crippen LogP contribution in [0.1, 0.15) is 27.1 Å². The summed E-state index contributed by atoms with van der Waals surface area (Å²) in [7, 11) is 0. The molecule has 4 nitrogen and oxygen atoms in total. The van der Waals surface area contributed by atoms with Crippen molar-refractivity contribution in [2.45, 2.75) is 18.5 Å². The van der Waals surface area contributed by atoms with Crippen molar-refractivity contribution in [3.8, 4) is 0 Å². The van der Waals surface area contributed by atoms with E-state index in [2.05, 4.69) is 5.32 Å². The minimum absolute atomic E-state index is 0.0442. The predicted octanol–water partition coefficient (Wildman–Crippen LogP) is 0.685. The van der Waals surface area contributed by atoms with Crippen molar-refractivity contribution in [1.29, 1.82) is 0 Å². The van der Waals surface area contributed by atoms with Gasteiger partial charge in [-0.3, -0.25) is 9.59 Å². The summed E-state index contributed by atoms with van der Waals surface area (Å²) in [6, 6.07) is 7.68. The van der Waals surface area contributed by atoms with Gasteiger partial charge in [-0.25, -0.2) is 0 Å². The minimum Gasteiger partial charge on any atom is -0.333 e. The number of fused-ring (bicyclic) bond motifs is 2. The molecule has 3 rings (SSSR count). The molecule has 0 radical (unpaired) electrons. The van der Waals surface area contributed by atoms with Crippen LogP contribution in [0.3, 0.4) is 0 Å². The van der Waals surface area contributed by atoms with E-state index < -0.39 is 0 Å². The van der Waals surface area contributed by atoms with E-state index >= 15 is 0 Å². The summed E-state index contributed by atoms with van der Waals surface area (Å²) in [5.41, 5.74) is 1.17. The number of benzene rings is 1. The molecule has 1 amide bonds. The maximum atomic E-state index is 12.3. The Morgan fingerprint density at radius 3 is 3.00 bits per heavy atom. The van der Waals surface area contributed by atoms with Crippen molar-refractivity contribution in [3.05, 3.63) is 35.4 Å². The van der Waals surface area contributed by atoms with Crippen molar-refractivity contribution in [2.75, 3.05) is 13.1 Å². The monoisotopic (exact) mass is 230 g/mol. The summed E-state index contributed by atoms with van der Waals surface area (Å²) in [6.45, 7) is 1.68. The van der Waals surface area contributed by atoms with Crippen molar-refractivity contribution in [1.82, 2.24) is 10.2 Å². The number of aldehydes is 1. The fraction of sp³-hybridized carbons (Fsp3) is 0.385. The van der Waals surface area contributed by atoms with Gasteiger partial charge in [0.25, 0.3) is 5.91 Å². The van der Waals surface area contributed by atoms with Gasteiger partial charge in [0.05, 0.1) is 0 Å². The Hall–Kier alpha value is -1.68. The van der Waals surface area contributed by atoms with Gasteiger partial charge in [-0.15, -0.1) is 0 Å². The molecular weight excluding hydrogens is 216 g/mol. The van der Waals surface area contributed by atoms with Crippen molar-refractivity contribution in [2.24, 2.45) is 0 Å². The number of hydrogen-bond acceptors (Lipinski definition) is 3. The molecule has 0 spiro atoms. The fourth-order valence-corrected chi connectivity index (χ4v) is 2.72. The molecule has 0 saturated carbocycles. The third kappa shape index (κ3) is 1.74. The van der Waals surface area contributed by atoms with Gasteiger partial charge in [0.2, 0.25) is 0 Å². The van der Waals surface area contributed by atoms with E-state index in [9.17, 15) is 9.59 Å². The van der Waals surface area contributed by atoms with E-state index in [0.29, 0.717) is 23.2 Å². The Kier molecular flexibility index (Phi) is 2.44. The molecule has 2 heterocycles. The van der Waals surface area contributed by atoms with Gasteiger partial charge in [0.1, 0.15) is 6.29 Å². The fourth-order valence-electron chi connectivity index (χ4n) is 2.72. The molecule has 17 heavy (non-hydrogen) atoms. The van der Waals surface area contributed by atoms with Crippen LogP contribution in [0.4, 0.5) is 0 Å². The molecule has 2 aliphatic heterocycles. The van der Waals surface area contributed by atoms with Crippen LogP contribution >= 0.6 is 0 Å². The summed E-state index contributed by atoms with van der Waals surface area (Å²) < 4.78 is 0. The molecule has 2 aliphatic rings. The molecule has 0 aromatic heterocycles. The van der Waals surface area contributed by atoms with E-state index in [4.69, 9.17) is 0 Å². The maximum Gasteiger partial charge on any atom is 0.254 e. The van der Waals surface area contributed by atoms with Gasteiger partial charge in [-0.05, 0) is 18.6 Å². The number of nitrogens with one attached hydrogen (secondary N) is 1. The first kappa shape index (κ1) is 10.5. The van der Waals surface area contributed by atoms with Crippen LogP contribution in [0, 0.1) is 0 Å². The average molecular weight is 230 g/mol. The van der Waals surface area contributed by atoms with Crippen LogP contribution in [-0.2, 0) is 0 Å². The number of rotatable bonds is 2. The molecule has 1 aromatic carbocycles. The zero-order valence-electron chi connectivity index (χ0n) is 9.43. The van der Waals surface area contributed by atoms with Crippen LogP contribution in [0.15, 0.2) is 24.3 Å². The smallest absolute Gasteiger partial charge is 0.254 e. The number of piperazine rings is 1. The maximum absolute atomic E-state index is 12.3. The van der Waals surface area contributed by atoms with Gasteiger partial charge in [0, 0.05) is 36.3 Å².